The molecule has 0 saturated heterocycles. The number of thiocarbonyl (C=S) groups is 1. The van der Waals surface area contributed by atoms with Gasteiger partial charge in [0.1, 0.15) is 10.8 Å². The Labute approximate surface area is 139 Å². The van der Waals surface area contributed by atoms with Crippen LogP contribution in [0, 0.1) is 5.82 Å². The van der Waals surface area contributed by atoms with Gasteiger partial charge in [-0.15, -0.1) is 0 Å². The predicted molar refractivity (Wildman–Crippen MR) is 89.7 cm³/mol. The van der Waals surface area contributed by atoms with Crippen molar-refractivity contribution in [2.45, 2.75) is 0 Å². The van der Waals surface area contributed by atoms with E-state index < -0.39 is 5.82 Å². The van der Waals surface area contributed by atoms with Crippen LogP contribution in [0.5, 0.6) is 0 Å². The summed E-state index contributed by atoms with van der Waals surface area (Å²) in [6.07, 6.45) is 0. The fourth-order valence-electron chi connectivity index (χ4n) is 1.65. The molecule has 2 aromatic carbocycles. The van der Waals surface area contributed by atoms with E-state index >= 15 is 0 Å². The molecule has 0 radical (unpaired) electrons. The summed E-state index contributed by atoms with van der Waals surface area (Å²) in [5, 5.41) is 3.67. The number of hydrogen-bond donors (Lipinski definition) is 2. The molecule has 0 heterocycles. The second kappa shape index (κ2) is 6.26. The highest BCUT2D eigenvalue weighted by Gasteiger charge is 2.14. The first-order valence-electron chi connectivity index (χ1n) is 5.40. The van der Waals surface area contributed by atoms with Crippen molar-refractivity contribution in [3.8, 4) is 0 Å². The number of halogens is 4. The molecule has 7 heteroatoms. The molecule has 0 aliphatic heterocycles. The van der Waals surface area contributed by atoms with E-state index in [9.17, 15) is 4.39 Å². The molecule has 2 aromatic rings. The molecule has 0 spiro atoms. The number of rotatable bonds is 3. The van der Waals surface area contributed by atoms with Crippen LogP contribution in [0.25, 0.3) is 0 Å². The highest BCUT2D eigenvalue weighted by atomic mass is 79.9. The van der Waals surface area contributed by atoms with Crippen LogP contribution in [0.2, 0.25) is 10.0 Å². The highest BCUT2D eigenvalue weighted by Crippen LogP contribution is 2.37. The Balaban J connectivity index is 2.48. The lowest BCUT2D eigenvalue weighted by atomic mass is 10.1. The standard InChI is InChI=1S/C13H8BrCl2FN2S/c14-6-4-5-9(12(16)11(6)15)19-8-3-1-2-7(17)10(8)13(18)20/h1-5,19H,(H2,18,20). The molecular weight excluding hydrogens is 386 g/mol. The average molecular weight is 394 g/mol. The van der Waals surface area contributed by atoms with Gasteiger partial charge in [-0.3, -0.25) is 0 Å². The fourth-order valence-corrected chi connectivity index (χ4v) is 2.68. The Morgan fingerprint density at radius 2 is 1.85 bits per heavy atom. The van der Waals surface area contributed by atoms with Gasteiger partial charge >= 0.3 is 0 Å². The third-order valence-corrected chi connectivity index (χ3v) is 4.54. The van der Waals surface area contributed by atoms with Gasteiger partial charge in [-0.25, -0.2) is 4.39 Å². The van der Waals surface area contributed by atoms with Gasteiger partial charge in [-0.1, -0.05) is 41.5 Å². The first-order chi connectivity index (χ1) is 9.41. The van der Waals surface area contributed by atoms with Gasteiger partial charge in [0.05, 0.1) is 27.0 Å². The van der Waals surface area contributed by atoms with Gasteiger partial charge in [-0.05, 0) is 40.2 Å². The molecule has 20 heavy (non-hydrogen) atoms. The molecular formula is C13H8BrCl2FN2S. The van der Waals surface area contributed by atoms with Crippen LogP contribution in [-0.4, -0.2) is 4.99 Å². The summed E-state index contributed by atoms with van der Waals surface area (Å²) in [6, 6.07) is 7.94. The summed E-state index contributed by atoms with van der Waals surface area (Å²) in [7, 11) is 0. The van der Waals surface area contributed by atoms with Crippen LogP contribution >= 0.6 is 51.3 Å². The first-order valence-corrected chi connectivity index (χ1v) is 7.36. The zero-order chi connectivity index (χ0) is 14.9. The van der Waals surface area contributed by atoms with Crippen LogP contribution in [-0.2, 0) is 0 Å². The maximum atomic E-state index is 13.8. The molecule has 0 unspecified atom stereocenters. The molecule has 0 aromatic heterocycles. The second-order valence-electron chi connectivity index (χ2n) is 3.87. The van der Waals surface area contributed by atoms with E-state index in [1.165, 1.54) is 6.07 Å². The number of nitrogens with one attached hydrogen (secondary N) is 1. The van der Waals surface area contributed by atoms with Crippen LogP contribution < -0.4 is 11.1 Å². The monoisotopic (exact) mass is 392 g/mol. The maximum Gasteiger partial charge on any atom is 0.135 e. The molecule has 0 aliphatic rings. The van der Waals surface area contributed by atoms with Gasteiger partial charge in [0.25, 0.3) is 0 Å². The van der Waals surface area contributed by atoms with E-state index in [2.05, 4.69) is 21.2 Å². The topological polar surface area (TPSA) is 38.0 Å². The van der Waals surface area contributed by atoms with Crippen molar-refractivity contribution in [2.75, 3.05) is 5.32 Å². The Hall–Kier alpha value is -0.880. The van der Waals surface area contributed by atoms with E-state index in [0.717, 1.165) is 0 Å². The lowest BCUT2D eigenvalue weighted by Crippen LogP contribution is -2.14. The lowest BCUT2D eigenvalue weighted by molar-refractivity contribution is 0.626. The first kappa shape index (κ1) is 15.5. The molecule has 0 bridgehead atoms. The zero-order valence-electron chi connectivity index (χ0n) is 9.88. The van der Waals surface area contributed by atoms with E-state index in [1.807, 2.05) is 0 Å². The summed E-state index contributed by atoms with van der Waals surface area (Å²) in [6.45, 7) is 0. The van der Waals surface area contributed by atoms with Crippen LogP contribution in [0.1, 0.15) is 5.56 Å². The minimum absolute atomic E-state index is 0.0371. The molecule has 0 fully saturated rings. The number of hydrogen-bond acceptors (Lipinski definition) is 2. The van der Waals surface area contributed by atoms with Crippen LogP contribution in [0.4, 0.5) is 15.8 Å². The van der Waals surface area contributed by atoms with Gasteiger partial charge in [0.15, 0.2) is 0 Å². The predicted octanol–water partition coefficient (Wildman–Crippen LogP) is 5.27. The summed E-state index contributed by atoms with van der Waals surface area (Å²) in [4.78, 5) is -0.0371. The molecule has 2 rings (SSSR count). The maximum absolute atomic E-state index is 13.8. The molecule has 3 N–H and O–H groups in total. The van der Waals surface area contributed by atoms with Gasteiger partial charge in [-0.2, -0.15) is 0 Å². The smallest absolute Gasteiger partial charge is 0.135 e. The normalized spacial score (nSPS) is 10.4. The summed E-state index contributed by atoms with van der Waals surface area (Å²) >= 11 is 20.3. The van der Waals surface area contributed by atoms with Gasteiger partial charge in [0, 0.05) is 4.47 Å². The third-order valence-electron chi connectivity index (χ3n) is 2.56. The van der Waals surface area contributed by atoms with Crippen molar-refractivity contribution in [3.63, 3.8) is 0 Å². The SMILES string of the molecule is NC(=S)c1c(F)cccc1Nc1ccc(Br)c(Cl)c1Cl. The van der Waals surface area contributed by atoms with Crippen molar-refractivity contribution < 1.29 is 4.39 Å². The minimum Gasteiger partial charge on any atom is -0.389 e. The lowest BCUT2D eigenvalue weighted by Gasteiger charge is -2.14. The number of nitrogens with two attached hydrogens (primary N) is 1. The minimum atomic E-state index is -0.498. The summed E-state index contributed by atoms with van der Waals surface area (Å²) in [5.74, 6) is -0.498. The van der Waals surface area contributed by atoms with Gasteiger partial charge in [0.2, 0.25) is 0 Å². The Kier molecular flexibility index (Phi) is 4.86. The molecule has 0 saturated carbocycles. The highest BCUT2D eigenvalue weighted by molar-refractivity contribution is 9.10. The van der Waals surface area contributed by atoms with E-state index in [-0.39, 0.29) is 10.6 Å². The van der Waals surface area contributed by atoms with E-state index in [4.69, 9.17) is 41.2 Å². The Bertz CT molecular complexity index is 694. The zero-order valence-corrected chi connectivity index (χ0v) is 13.8. The average Bonchev–Trinajstić information content (AvgIpc) is 2.39. The van der Waals surface area contributed by atoms with Crippen LogP contribution in [0.15, 0.2) is 34.8 Å². The molecule has 2 nitrogen and oxygen atoms in total. The molecule has 104 valence electrons. The Morgan fingerprint density at radius 3 is 2.50 bits per heavy atom. The van der Waals surface area contributed by atoms with Crippen molar-refractivity contribution in [2.24, 2.45) is 5.73 Å². The van der Waals surface area contributed by atoms with Gasteiger partial charge < -0.3 is 11.1 Å². The third kappa shape index (κ3) is 3.06. The van der Waals surface area contributed by atoms with E-state index in [0.29, 0.717) is 25.9 Å². The fraction of sp³-hybridized carbons (Fsp3) is 0. The van der Waals surface area contributed by atoms with Crippen molar-refractivity contribution in [1.82, 2.24) is 0 Å². The summed E-state index contributed by atoms with van der Waals surface area (Å²) < 4.78 is 14.4. The number of anilines is 2. The van der Waals surface area contributed by atoms with Crippen molar-refractivity contribution in [1.29, 1.82) is 0 Å². The van der Waals surface area contributed by atoms with Crippen LogP contribution in [0.3, 0.4) is 0 Å². The quantitative estimate of drug-likeness (QED) is 0.550. The second-order valence-corrected chi connectivity index (χ2v) is 5.92. The number of benzene rings is 2. The summed E-state index contributed by atoms with van der Waals surface area (Å²) in [5.41, 5.74) is 6.64. The van der Waals surface area contributed by atoms with Crippen molar-refractivity contribution in [3.05, 3.63) is 56.2 Å². The Morgan fingerprint density at radius 1 is 1.15 bits per heavy atom. The molecule has 0 amide bonds. The molecule has 0 atom stereocenters. The molecule has 0 aliphatic carbocycles. The largest absolute Gasteiger partial charge is 0.389 e. The van der Waals surface area contributed by atoms with E-state index in [1.54, 1.807) is 24.3 Å². The van der Waals surface area contributed by atoms with Crippen molar-refractivity contribution >= 4 is 67.7 Å².